The third-order valence-corrected chi connectivity index (χ3v) is 4.66. The lowest BCUT2D eigenvalue weighted by molar-refractivity contribution is 0.886. The Morgan fingerprint density at radius 2 is 2.31 bits per heavy atom. The van der Waals surface area contributed by atoms with Crippen LogP contribution in [0.2, 0.25) is 0 Å². The molecule has 0 saturated heterocycles. The molecule has 1 saturated carbocycles. The highest BCUT2D eigenvalue weighted by atomic mass is 32.2. The minimum absolute atomic E-state index is 0.919. The van der Waals surface area contributed by atoms with Gasteiger partial charge in [-0.2, -0.15) is 11.8 Å². The molecule has 1 aromatic heterocycles. The fraction of sp³-hybridized carbons (Fsp3) is 0.700. The molecule has 1 nitrogen and oxygen atoms in total. The normalized spacial score (nSPS) is 18.2. The van der Waals surface area contributed by atoms with Crippen molar-refractivity contribution in [3.63, 3.8) is 0 Å². The molecular formula is C10H15NS2. The molecule has 1 aliphatic rings. The first kappa shape index (κ1) is 9.53. The van der Waals surface area contributed by atoms with Crippen LogP contribution in [0.3, 0.4) is 0 Å². The van der Waals surface area contributed by atoms with Crippen LogP contribution in [0.25, 0.3) is 0 Å². The Hall–Kier alpha value is -0.0200. The fourth-order valence-corrected chi connectivity index (χ4v) is 3.67. The Balaban J connectivity index is 1.78. The maximum atomic E-state index is 4.47. The van der Waals surface area contributed by atoms with Crippen LogP contribution in [0.15, 0.2) is 5.38 Å². The monoisotopic (exact) mass is 213 g/mol. The molecule has 13 heavy (non-hydrogen) atoms. The molecule has 0 radical (unpaired) electrons. The van der Waals surface area contributed by atoms with E-state index >= 15 is 0 Å². The lowest BCUT2D eigenvalue weighted by atomic mass is 10.4. The van der Waals surface area contributed by atoms with Gasteiger partial charge in [0, 0.05) is 16.4 Å². The van der Waals surface area contributed by atoms with Crippen LogP contribution in [-0.4, -0.2) is 10.2 Å². The second-order valence-corrected chi connectivity index (χ2v) is 5.93. The van der Waals surface area contributed by atoms with Gasteiger partial charge in [-0.15, -0.1) is 11.3 Å². The highest BCUT2D eigenvalue weighted by Crippen LogP contribution is 2.31. The van der Waals surface area contributed by atoms with Crippen molar-refractivity contribution in [3.8, 4) is 0 Å². The number of rotatable bonds is 3. The maximum Gasteiger partial charge on any atom is 0.0897 e. The first-order chi connectivity index (χ1) is 6.34. The van der Waals surface area contributed by atoms with E-state index in [0.717, 1.165) is 11.0 Å². The van der Waals surface area contributed by atoms with Crippen molar-refractivity contribution in [2.45, 2.75) is 43.6 Å². The molecule has 72 valence electrons. The molecule has 1 aromatic rings. The van der Waals surface area contributed by atoms with Gasteiger partial charge in [0.2, 0.25) is 0 Å². The standard InChI is InChI=1S/C10H15NS2/c1-8-11-9(6-12-8)7-13-10-4-2-3-5-10/h6,10H,2-5,7H2,1H3. The Labute approximate surface area is 88.0 Å². The van der Waals surface area contributed by atoms with Crippen molar-refractivity contribution in [2.24, 2.45) is 0 Å². The molecule has 0 aromatic carbocycles. The quantitative estimate of drug-likeness (QED) is 0.760. The summed E-state index contributed by atoms with van der Waals surface area (Å²) in [5.41, 5.74) is 1.28. The van der Waals surface area contributed by atoms with Crippen molar-refractivity contribution in [1.82, 2.24) is 4.98 Å². The van der Waals surface area contributed by atoms with Gasteiger partial charge in [-0.1, -0.05) is 12.8 Å². The molecule has 0 amide bonds. The summed E-state index contributed by atoms with van der Waals surface area (Å²) in [6, 6.07) is 0. The Morgan fingerprint density at radius 1 is 1.54 bits per heavy atom. The number of aryl methyl sites for hydroxylation is 1. The van der Waals surface area contributed by atoms with Crippen LogP contribution in [0.1, 0.15) is 36.4 Å². The Morgan fingerprint density at radius 3 is 2.92 bits per heavy atom. The summed E-state index contributed by atoms with van der Waals surface area (Å²) in [6.45, 7) is 2.08. The second-order valence-electron chi connectivity index (χ2n) is 3.58. The smallest absolute Gasteiger partial charge is 0.0897 e. The Bertz CT molecular complexity index is 264. The van der Waals surface area contributed by atoms with E-state index in [1.165, 1.54) is 36.4 Å². The predicted octanol–water partition coefficient (Wildman–Crippen LogP) is 3.63. The predicted molar refractivity (Wildman–Crippen MR) is 60.4 cm³/mol. The molecule has 0 atom stereocenters. The maximum absolute atomic E-state index is 4.47. The van der Waals surface area contributed by atoms with Crippen LogP contribution in [-0.2, 0) is 5.75 Å². The third-order valence-electron chi connectivity index (χ3n) is 2.44. The van der Waals surface area contributed by atoms with E-state index in [4.69, 9.17) is 0 Å². The lowest BCUT2D eigenvalue weighted by Gasteiger charge is -2.05. The summed E-state index contributed by atoms with van der Waals surface area (Å²) < 4.78 is 0. The number of hydrogen-bond acceptors (Lipinski definition) is 3. The molecule has 0 bridgehead atoms. The number of thiazole rings is 1. The Kier molecular flexibility index (Phi) is 3.28. The van der Waals surface area contributed by atoms with E-state index in [-0.39, 0.29) is 0 Å². The molecule has 0 aliphatic heterocycles. The SMILES string of the molecule is Cc1nc(CSC2CCCC2)cs1. The van der Waals surface area contributed by atoms with E-state index in [9.17, 15) is 0 Å². The molecule has 1 aliphatic carbocycles. The van der Waals surface area contributed by atoms with Gasteiger partial charge in [0.25, 0.3) is 0 Å². The average molecular weight is 213 g/mol. The summed E-state index contributed by atoms with van der Waals surface area (Å²) in [4.78, 5) is 4.47. The summed E-state index contributed by atoms with van der Waals surface area (Å²) in [5, 5.41) is 4.31. The topological polar surface area (TPSA) is 12.9 Å². The zero-order valence-electron chi connectivity index (χ0n) is 7.95. The van der Waals surface area contributed by atoms with Crippen molar-refractivity contribution in [1.29, 1.82) is 0 Å². The zero-order valence-corrected chi connectivity index (χ0v) is 9.59. The summed E-state index contributed by atoms with van der Waals surface area (Å²) in [6.07, 6.45) is 5.73. The van der Waals surface area contributed by atoms with Crippen LogP contribution in [0.5, 0.6) is 0 Å². The lowest BCUT2D eigenvalue weighted by Crippen LogP contribution is -1.94. The van der Waals surface area contributed by atoms with Crippen molar-refractivity contribution in [2.75, 3.05) is 0 Å². The zero-order chi connectivity index (χ0) is 9.10. The van der Waals surface area contributed by atoms with E-state index in [0.29, 0.717) is 0 Å². The van der Waals surface area contributed by atoms with Gasteiger partial charge < -0.3 is 0 Å². The van der Waals surface area contributed by atoms with Crippen LogP contribution in [0.4, 0.5) is 0 Å². The van der Waals surface area contributed by atoms with Gasteiger partial charge in [-0.05, 0) is 19.8 Å². The highest BCUT2D eigenvalue weighted by molar-refractivity contribution is 7.99. The number of nitrogens with zero attached hydrogens (tertiary/aromatic N) is 1. The summed E-state index contributed by atoms with van der Waals surface area (Å²) >= 11 is 3.86. The number of aromatic nitrogens is 1. The van der Waals surface area contributed by atoms with Crippen molar-refractivity contribution >= 4 is 23.1 Å². The molecule has 0 unspecified atom stereocenters. The summed E-state index contributed by atoms with van der Waals surface area (Å²) in [5.74, 6) is 1.12. The molecule has 2 rings (SSSR count). The molecule has 0 spiro atoms. The van der Waals surface area contributed by atoms with Crippen molar-refractivity contribution in [3.05, 3.63) is 16.1 Å². The van der Waals surface area contributed by atoms with Gasteiger partial charge in [0.15, 0.2) is 0 Å². The van der Waals surface area contributed by atoms with E-state index < -0.39 is 0 Å². The van der Waals surface area contributed by atoms with Crippen molar-refractivity contribution < 1.29 is 0 Å². The van der Waals surface area contributed by atoms with E-state index in [1.54, 1.807) is 11.3 Å². The van der Waals surface area contributed by atoms with E-state index in [1.807, 2.05) is 0 Å². The minimum atomic E-state index is 0.919. The average Bonchev–Trinajstić information content (AvgIpc) is 2.71. The van der Waals surface area contributed by atoms with E-state index in [2.05, 4.69) is 29.0 Å². The molecule has 1 heterocycles. The number of thioether (sulfide) groups is 1. The highest BCUT2D eigenvalue weighted by Gasteiger charge is 2.15. The first-order valence-corrected chi connectivity index (χ1v) is 6.80. The third kappa shape index (κ3) is 2.71. The van der Waals surface area contributed by atoms with Crippen LogP contribution in [0, 0.1) is 6.92 Å². The first-order valence-electron chi connectivity index (χ1n) is 4.87. The van der Waals surface area contributed by atoms with Gasteiger partial charge in [0.05, 0.1) is 10.7 Å². The van der Waals surface area contributed by atoms with Gasteiger partial charge in [-0.3, -0.25) is 0 Å². The second kappa shape index (κ2) is 4.47. The molecular weight excluding hydrogens is 198 g/mol. The van der Waals surface area contributed by atoms with Crippen LogP contribution < -0.4 is 0 Å². The molecule has 1 fully saturated rings. The van der Waals surface area contributed by atoms with Gasteiger partial charge in [0.1, 0.15) is 0 Å². The molecule has 3 heteroatoms. The summed E-state index contributed by atoms with van der Waals surface area (Å²) in [7, 11) is 0. The van der Waals surface area contributed by atoms with Crippen LogP contribution >= 0.6 is 23.1 Å². The molecule has 0 N–H and O–H groups in total. The fourth-order valence-electron chi connectivity index (χ4n) is 1.73. The largest absolute Gasteiger partial charge is 0.246 e. The van der Waals surface area contributed by atoms with Gasteiger partial charge in [-0.25, -0.2) is 4.98 Å². The number of hydrogen-bond donors (Lipinski definition) is 0. The van der Waals surface area contributed by atoms with Gasteiger partial charge >= 0.3 is 0 Å². The minimum Gasteiger partial charge on any atom is -0.246 e.